The summed E-state index contributed by atoms with van der Waals surface area (Å²) in [6.45, 7) is 1.97. The Hall–Kier alpha value is -0.0800. The fraction of sp³-hybridized carbons (Fsp3) is 1.00. The maximum atomic E-state index is 5.72. The fourth-order valence-electron chi connectivity index (χ4n) is 2.19. The molecule has 1 saturated heterocycles. The Morgan fingerprint density at radius 1 is 0.857 bits per heavy atom. The molecule has 1 atom stereocenters. The molecule has 0 aromatic carbocycles. The van der Waals surface area contributed by atoms with E-state index in [0.717, 1.165) is 6.54 Å². The maximum absolute atomic E-state index is 5.72. The van der Waals surface area contributed by atoms with Crippen molar-refractivity contribution in [1.82, 2.24) is 5.32 Å². The molecule has 0 bridgehead atoms. The largest absolute Gasteiger partial charge is 0.329 e. The first-order chi connectivity index (χ1) is 6.93. The Balaban J connectivity index is 2.17. The van der Waals surface area contributed by atoms with Crippen LogP contribution in [0.4, 0.5) is 0 Å². The van der Waals surface area contributed by atoms with Crippen molar-refractivity contribution in [2.24, 2.45) is 5.73 Å². The molecule has 3 N–H and O–H groups in total. The lowest BCUT2D eigenvalue weighted by atomic mass is 10.0. The van der Waals surface area contributed by atoms with Crippen molar-refractivity contribution in [3.05, 3.63) is 0 Å². The molecule has 0 aromatic heterocycles. The smallest absolute Gasteiger partial charge is 0.0190 e. The summed E-state index contributed by atoms with van der Waals surface area (Å²) in [5.74, 6) is 0. The molecule has 0 spiro atoms. The fourth-order valence-corrected chi connectivity index (χ4v) is 2.19. The summed E-state index contributed by atoms with van der Waals surface area (Å²) in [6, 6.07) is 0.578. The first kappa shape index (κ1) is 12.0. The number of rotatable bonds is 1. The van der Waals surface area contributed by atoms with Crippen LogP contribution in [0.5, 0.6) is 0 Å². The Bertz CT molecular complexity index is 113. The molecule has 1 rings (SSSR count). The second-order valence-corrected chi connectivity index (χ2v) is 4.50. The maximum Gasteiger partial charge on any atom is 0.0190 e. The molecule has 1 unspecified atom stereocenters. The van der Waals surface area contributed by atoms with Gasteiger partial charge in [-0.15, -0.1) is 0 Å². The van der Waals surface area contributed by atoms with Gasteiger partial charge in [0.25, 0.3) is 0 Å². The highest BCUT2D eigenvalue weighted by atomic mass is 14.9. The molecule has 2 heteroatoms. The van der Waals surface area contributed by atoms with E-state index in [9.17, 15) is 0 Å². The summed E-state index contributed by atoms with van der Waals surface area (Å²) >= 11 is 0. The molecule has 84 valence electrons. The van der Waals surface area contributed by atoms with Gasteiger partial charge in [-0.3, -0.25) is 0 Å². The van der Waals surface area contributed by atoms with Crippen LogP contribution in [0.1, 0.15) is 57.8 Å². The Morgan fingerprint density at radius 2 is 1.43 bits per heavy atom. The third-order valence-electron chi connectivity index (χ3n) is 3.20. The van der Waals surface area contributed by atoms with E-state index in [4.69, 9.17) is 5.73 Å². The second-order valence-electron chi connectivity index (χ2n) is 4.50. The van der Waals surface area contributed by atoms with Crippen LogP contribution in [0.2, 0.25) is 0 Å². The molecule has 14 heavy (non-hydrogen) atoms. The van der Waals surface area contributed by atoms with Crippen LogP contribution in [-0.4, -0.2) is 19.1 Å². The van der Waals surface area contributed by atoms with Crippen LogP contribution in [0, 0.1) is 0 Å². The lowest BCUT2D eigenvalue weighted by molar-refractivity contribution is 0.436. The normalized spacial score (nSPS) is 27.6. The molecule has 1 heterocycles. The average Bonchev–Trinajstić information content (AvgIpc) is 2.19. The van der Waals surface area contributed by atoms with Gasteiger partial charge in [-0.2, -0.15) is 0 Å². The van der Waals surface area contributed by atoms with Crippen molar-refractivity contribution in [2.75, 3.05) is 13.1 Å². The third-order valence-corrected chi connectivity index (χ3v) is 3.20. The highest BCUT2D eigenvalue weighted by molar-refractivity contribution is 4.68. The van der Waals surface area contributed by atoms with Crippen molar-refractivity contribution in [3.8, 4) is 0 Å². The van der Waals surface area contributed by atoms with E-state index >= 15 is 0 Å². The molecule has 0 aliphatic carbocycles. The summed E-state index contributed by atoms with van der Waals surface area (Å²) in [6.07, 6.45) is 12.5. The predicted molar refractivity (Wildman–Crippen MR) is 62.4 cm³/mol. The zero-order valence-corrected chi connectivity index (χ0v) is 9.43. The molecule has 0 aromatic rings. The predicted octanol–water partition coefficient (Wildman–Crippen LogP) is 2.43. The lowest BCUT2D eigenvalue weighted by Crippen LogP contribution is -2.36. The van der Waals surface area contributed by atoms with Crippen LogP contribution < -0.4 is 11.1 Å². The van der Waals surface area contributed by atoms with Gasteiger partial charge in [0.15, 0.2) is 0 Å². The van der Waals surface area contributed by atoms with Crippen LogP contribution in [0.15, 0.2) is 0 Å². The van der Waals surface area contributed by atoms with Crippen LogP contribution in [0.3, 0.4) is 0 Å². The number of nitrogens with one attached hydrogen (secondary N) is 1. The van der Waals surface area contributed by atoms with Crippen LogP contribution in [0.25, 0.3) is 0 Å². The quantitative estimate of drug-likeness (QED) is 0.679. The van der Waals surface area contributed by atoms with Gasteiger partial charge in [-0.25, -0.2) is 0 Å². The summed E-state index contributed by atoms with van der Waals surface area (Å²) in [5.41, 5.74) is 5.72. The second kappa shape index (κ2) is 8.25. The van der Waals surface area contributed by atoms with Gasteiger partial charge in [-0.1, -0.05) is 44.9 Å². The zero-order valence-electron chi connectivity index (χ0n) is 9.43. The summed E-state index contributed by atoms with van der Waals surface area (Å²) in [5, 5.41) is 3.56. The summed E-state index contributed by atoms with van der Waals surface area (Å²) in [7, 11) is 0. The van der Waals surface area contributed by atoms with Gasteiger partial charge in [0.2, 0.25) is 0 Å². The topological polar surface area (TPSA) is 38.0 Å². The van der Waals surface area contributed by atoms with Crippen molar-refractivity contribution in [1.29, 1.82) is 0 Å². The van der Waals surface area contributed by atoms with E-state index in [0.29, 0.717) is 6.04 Å². The first-order valence-corrected chi connectivity index (χ1v) is 6.37. The van der Waals surface area contributed by atoms with Crippen LogP contribution >= 0.6 is 0 Å². The Morgan fingerprint density at radius 3 is 2.07 bits per heavy atom. The van der Waals surface area contributed by atoms with Crippen molar-refractivity contribution in [3.63, 3.8) is 0 Å². The summed E-state index contributed by atoms with van der Waals surface area (Å²) in [4.78, 5) is 0. The summed E-state index contributed by atoms with van der Waals surface area (Å²) < 4.78 is 0. The first-order valence-electron chi connectivity index (χ1n) is 6.37. The Kier molecular flexibility index (Phi) is 7.06. The van der Waals surface area contributed by atoms with Gasteiger partial charge >= 0.3 is 0 Å². The van der Waals surface area contributed by atoms with E-state index in [1.807, 2.05) is 0 Å². The third kappa shape index (κ3) is 5.61. The van der Waals surface area contributed by atoms with Gasteiger partial charge in [-0.05, 0) is 19.4 Å². The molecule has 0 amide bonds. The highest BCUT2D eigenvalue weighted by Crippen LogP contribution is 2.11. The minimum Gasteiger partial charge on any atom is -0.329 e. The van der Waals surface area contributed by atoms with E-state index in [-0.39, 0.29) is 0 Å². The van der Waals surface area contributed by atoms with E-state index < -0.39 is 0 Å². The van der Waals surface area contributed by atoms with Gasteiger partial charge < -0.3 is 11.1 Å². The minimum atomic E-state index is 0.578. The standard InChI is InChI=1S/C12H26N2/c13-11-12-9-7-5-3-1-2-4-6-8-10-14-12/h12,14H,1-11,13H2. The lowest BCUT2D eigenvalue weighted by Gasteiger charge is -2.17. The van der Waals surface area contributed by atoms with E-state index in [1.165, 1.54) is 64.3 Å². The van der Waals surface area contributed by atoms with Crippen molar-refractivity contribution < 1.29 is 0 Å². The molecule has 1 aliphatic rings. The van der Waals surface area contributed by atoms with Gasteiger partial charge in [0.1, 0.15) is 0 Å². The highest BCUT2D eigenvalue weighted by Gasteiger charge is 2.05. The number of hydrogen-bond acceptors (Lipinski definition) is 2. The van der Waals surface area contributed by atoms with Gasteiger partial charge in [0.05, 0.1) is 0 Å². The zero-order chi connectivity index (χ0) is 10.1. The molecule has 0 saturated carbocycles. The Labute approximate surface area is 88.6 Å². The number of nitrogens with two attached hydrogens (primary N) is 1. The van der Waals surface area contributed by atoms with Crippen molar-refractivity contribution in [2.45, 2.75) is 63.8 Å². The number of hydrogen-bond donors (Lipinski definition) is 2. The molecule has 0 radical (unpaired) electrons. The molecular formula is C12H26N2. The molecule has 1 aliphatic heterocycles. The SMILES string of the molecule is NCC1CCCCCCCCCCN1. The van der Waals surface area contributed by atoms with E-state index in [1.54, 1.807) is 0 Å². The molecular weight excluding hydrogens is 172 g/mol. The van der Waals surface area contributed by atoms with Gasteiger partial charge in [0, 0.05) is 12.6 Å². The molecule has 2 nitrogen and oxygen atoms in total. The van der Waals surface area contributed by atoms with Crippen molar-refractivity contribution >= 4 is 0 Å². The monoisotopic (exact) mass is 198 g/mol. The average molecular weight is 198 g/mol. The van der Waals surface area contributed by atoms with Crippen LogP contribution in [-0.2, 0) is 0 Å². The molecule has 1 fully saturated rings. The van der Waals surface area contributed by atoms with E-state index in [2.05, 4.69) is 5.32 Å². The minimum absolute atomic E-state index is 0.578.